The summed E-state index contributed by atoms with van der Waals surface area (Å²) >= 11 is 7.44. The third-order valence-corrected chi connectivity index (χ3v) is 5.32. The van der Waals surface area contributed by atoms with E-state index < -0.39 is 0 Å². The van der Waals surface area contributed by atoms with Gasteiger partial charge in [0.15, 0.2) is 5.11 Å². The zero-order valence-corrected chi connectivity index (χ0v) is 18.4. The summed E-state index contributed by atoms with van der Waals surface area (Å²) in [7, 11) is 0. The van der Waals surface area contributed by atoms with Crippen molar-refractivity contribution >= 4 is 57.2 Å². The summed E-state index contributed by atoms with van der Waals surface area (Å²) in [4.78, 5) is 12.4. The van der Waals surface area contributed by atoms with Crippen molar-refractivity contribution in [1.29, 1.82) is 0 Å². The number of nitrogens with one attached hydrogen (secondary N) is 3. The molecule has 1 amide bonds. The molecule has 0 aliphatic rings. The second-order valence-electron chi connectivity index (χ2n) is 6.27. The van der Waals surface area contributed by atoms with Gasteiger partial charge < -0.3 is 16.0 Å². The molecule has 0 bridgehead atoms. The average molecular weight is 519 g/mol. The van der Waals surface area contributed by atoms with Crippen molar-refractivity contribution in [3.05, 3.63) is 93.3 Å². The fourth-order valence-electron chi connectivity index (χ4n) is 2.63. The molecule has 29 heavy (non-hydrogen) atoms. The normalized spacial score (nSPS) is 10.3. The fraction of sp³-hybridized carbons (Fsp3) is 0.0909. The molecule has 7 heteroatoms. The molecule has 3 aromatic carbocycles. The Hall–Kier alpha value is -2.52. The first kappa shape index (κ1) is 21.2. The zero-order chi connectivity index (χ0) is 20.6. The molecule has 0 heterocycles. The van der Waals surface area contributed by atoms with Crippen molar-refractivity contribution in [3.8, 4) is 0 Å². The predicted molar refractivity (Wildman–Crippen MR) is 128 cm³/mol. The smallest absolute Gasteiger partial charge is 0.256 e. The van der Waals surface area contributed by atoms with E-state index in [0.29, 0.717) is 22.9 Å². The molecule has 0 unspecified atom stereocenters. The van der Waals surface area contributed by atoms with E-state index in [0.717, 1.165) is 21.2 Å². The highest BCUT2D eigenvalue weighted by Crippen LogP contribution is 2.17. The van der Waals surface area contributed by atoms with Crippen molar-refractivity contribution in [2.24, 2.45) is 0 Å². The molecule has 148 valence electrons. The monoisotopic (exact) mass is 519 g/mol. The number of hydrogen-bond acceptors (Lipinski definition) is 2. The molecule has 3 aromatic rings. The Labute approximate surface area is 188 Å². The summed E-state index contributed by atoms with van der Waals surface area (Å²) in [6.07, 6.45) is 0.741. The average Bonchev–Trinajstić information content (AvgIpc) is 2.71. The second kappa shape index (κ2) is 10.3. The number of halogens is 2. The highest BCUT2D eigenvalue weighted by molar-refractivity contribution is 14.1. The molecule has 0 atom stereocenters. The number of benzene rings is 3. The van der Waals surface area contributed by atoms with Gasteiger partial charge in [-0.05, 0) is 95.3 Å². The van der Waals surface area contributed by atoms with Gasteiger partial charge in [0.1, 0.15) is 5.82 Å². The highest BCUT2D eigenvalue weighted by Gasteiger charge is 2.09. The lowest BCUT2D eigenvalue weighted by atomic mass is 10.1. The number of hydrogen-bond donors (Lipinski definition) is 3. The third-order valence-electron chi connectivity index (χ3n) is 4.13. The minimum Gasteiger partial charge on any atom is -0.362 e. The van der Waals surface area contributed by atoms with Crippen LogP contribution in [0.15, 0.2) is 72.8 Å². The van der Waals surface area contributed by atoms with Crippen molar-refractivity contribution in [3.63, 3.8) is 0 Å². The van der Waals surface area contributed by atoms with Crippen LogP contribution in [-0.4, -0.2) is 17.6 Å². The lowest BCUT2D eigenvalue weighted by Gasteiger charge is -2.12. The first-order valence-corrected chi connectivity index (χ1v) is 10.5. The van der Waals surface area contributed by atoms with Crippen LogP contribution in [0.1, 0.15) is 15.9 Å². The maximum Gasteiger partial charge on any atom is 0.256 e. The van der Waals surface area contributed by atoms with E-state index in [1.807, 2.05) is 42.5 Å². The van der Waals surface area contributed by atoms with Gasteiger partial charge in [-0.25, -0.2) is 4.39 Å². The van der Waals surface area contributed by atoms with Gasteiger partial charge >= 0.3 is 0 Å². The van der Waals surface area contributed by atoms with Crippen LogP contribution in [0.5, 0.6) is 0 Å². The lowest BCUT2D eigenvalue weighted by molar-refractivity contribution is 0.102. The number of carbonyl (C=O) groups excluding carboxylic acids is 1. The first-order chi connectivity index (χ1) is 14.0. The molecule has 0 saturated carbocycles. The molecule has 0 aromatic heterocycles. The summed E-state index contributed by atoms with van der Waals surface area (Å²) in [6, 6.07) is 21.2. The van der Waals surface area contributed by atoms with E-state index in [1.54, 1.807) is 18.2 Å². The van der Waals surface area contributed by atoms with Gasteiger partial charge in [0, 0.05) is 21.5 Å². The summed E-state index contributed by atoms with van der Waals surface area (Å²) in [5, 5.41) is 9.62. The van der Waals surface area contributed by atoms with Gasteiger partial charge in [0.2, 0.25) is 0 Å². The second-order valence-corrected chi connectivity index (χ2v) is 7.84. The molecule has 0 spiro atoms. The maximum atomic E-state index is 12.9. The third kappa shape index (κ3) is 6.50. The summed E-state index contributed by atoms with van der Waals surface area (Å²) in [5.74, 6) is -0.384. The number of thiocarbonyl (C=S) groups is 1. The van der Waals surface area contributed by atoms with E-state index in [1.165, 1.54) is 12.1 Å². The topological polar surface area (TPSA) is 53.2 Å². The molecule has 0 aliphatic heterocycles. The first-order valence-electron chi connectivity index (χ1n) is 8.96. The highest BCUT2D eigenvalue weighted by atomic mass is 127. The summed E-state index contributed by atoms with van der Waals surface area (Å²) in [6.45, 7) is 0.640. The minimum absolute atomic E-state index is 0.145. The van der Waals surface area contributed by atoms with Gasteiger partial charge in [-0.15, -0.1) is 0 Å². The number of anilines is 2. The molecular weight excluding hydrogens is 500 g/mol. The van der Waals surface area contributed by atoms with Crippen LogP contribution in [0, 0.1) is 9.39 Å². The Bertz CT molecular complexity index is 994. The SMILES string of the molecule is O=C(Nc1ccc(NC(=S)NCCc2ccc(F)cc2)cc1)c1ccccc1I. The van der Waals surface area contributed by atoms with E-state index >= 15 is 0 Å². The minimum atomic E-state index is -0.239. The van der Waals surface area contributed by atoms with Gasteiger partial charge in [0.25, 0.3) is 5.91 Å². The van der Waals surface area contributed by atoms with E-state index in [4.69, 9.17) is 12.2 Å². The van der Waals surface area contributed by atoms with E-state index in [-0.39, 0.29) is 11.7 Å². The van der Waals surface area contributed by atoms with Crippen LogP contribution >= 0.6 is 34.8 Å². The maximum absolute atomic E-state index is 12.9. The molecular formula is C22H19FIN3OS. The molecule has 0 radical (unpaired) electrons. The number of amides is 1. The van der Waals surface area contributed by atoms with Crippen molar-refractivity contribution in [1.82, 2.24) is 5.32 Å². The van der Waals surface area contributed by atoms with Crippen molar-refractivity contribution < 1.29 is 9.18 Å². The van der Waals surface area contributed by atoms with Crippen LogP contribution in [0.4, 0.5) is 15.8 Å². The standard InChI is InChI=1S/C22H19FIN3OS/c23-16-7-5-15(6-8-16)13-14-25-22(29)27-18-11-9-17(10-12-18)26-21(28)19-3-1-2-4-20(19)24/h1-12H,13-14H2,(H,26,28)(H2,25,27,29). The zero-order valence-electron chi connectivity index (χ0n) is 15.4. The van der Waals surface area contributed by atoms with Crippen LogP contribution in [0.3, 0.4) is 0 Å². The van der Waals surface area contributed by atoms with Gasteiger partial charge in [0.05, 0.1) is 5.56 Å². The van der Waals surface area contributed by atoms with Crippen molar-refractivity contribution in [2.75, 3.05) is 17.2 Å². The largest absolute Gasteiger partial charge is 0.362 e. The van der Waals surface area contributed by atoms with Gasteiger partial charge in [-0.3, -0.25) is 4.79 Å². The van der Waals surface area contributed by atoms with Crippen molar-refractivity contribution in [2.45, 2.75) is 6.42 Å². The predicted octanol–water partition coefficient (Wildman–Crippen LogP) is 5.21. The summed E-state index contributed by atoms with van der Waals surface area (Å²) in [5.41, 5.74) is 3.20. The Morgan fingerprint density at radius 1 is 0.897 bits per heavy atom. The Morgan fingerprint density at radius 3 is 2.17 bits per heavy atom. The lowest BCUT2D eigenvalue weighted by Crippen LogP contribution is -2.30. The van der Waals surface area contributed by atoms with Gasteiger partial charge in [-0.2, -0.15) is 0 Å². The quantitative estimate of drug-likeness (QED) is 0.309. The molecule has 0 fully saturated rings. The molecule has 3 rings (SSSR count). The Morgan fingerprint density at radius 2 is 1.52 bits per heavy atom. The van der Waals surface area contributed by atoms with Crippen LogP contribution in [0.2, 0.25) is 0 Å². The molecule has 0 saturated heterocycles. The molecule has 3 N–H and O–H groups in total. The number of carbonyl (C=O) groups is 1. The number of rotatable bonds is 6. The molecule has 0 aliphatic carbocycles. The van der Waals surface area contributed by atoms with Crippen LogP contribution < -0.4 is 16.0 Å². The van der Waals surface area contributed by atoms with E-state index in [9.17, 15) is 9.18 Å². The van der Waals surface area contributed by atoms with Crippen LogP contribution in [-0.2, 0) is 6.42 Å². The van der Waals surface area contributed by atoms with E-state index in [2.05, 4.69) is 38.5 Å². The Kier molecular flexibility index (Phi) is 7.54. The van der Waals surface area contributed by atoms with Crippen LogP contribution in [0.25, 0.3) is 0 Å². The van der Waals surface area contributed by atoms with Gasteiger partial charge in [-0.1, -0.05) is 24.3 Å². The molecule has 4 nitrogen and oxygen atoms in total. The fourth-order valence-corrected chi connectivity index (χ4v) is 3.48. The summed E-state index contributed by atoms with van der Waals surface area (Å²) < 4.78 is 13.8. The Balaban J connectivity index is 1.47.